The molecule has 2 amide bonds. The van der Waals surface area contributed by atoms with Gasteiger partial charge in [0.15, 0.2) is 0 Å². The molecule has 0 radical (unpaired) electrons. The maximum Gasteiger partial charge on any atom is 0.272 e. The minimum absolute atomic E-state index is 0.0364. The molecule has 1 aromatic heterocycles. The Morgan fingerprint density at radius 3 is 2.53 bits per heavy atom. The Bertz CT molecular complexity index is 1080. The van der Waals surface area contributed by atoms with Crippen LogP contribution in [0.5, 0.6) is 5.75 Å². The second-order valence-electron chi connectivity index (χ2n) is 8.29. The van der Waals surface area contributed by atoms with Gasteiger partial charge in [0.05, 0.1) is 18.4 Å². The molecule has 0 aliphatic carbocycles. The lowest BCUT2D eigenvalue weighted by Gasteiger charge is -2.35. The highest BCUT2D eigenvalue weighted by Gasteiger charge is 2.27. The van der Waals surface area contributed by atoms with Crippen molar-refractivity contribution in [1.29, 1.82) is 0 Å². The van der Waals surface area contributed by atoms with Gasteiger partial charge in [-0.15, -0.1) is 0 Å². The Labute approximate surface area is 176 Å². The Hall–Kier alpha value is -3.28. The van der Waals surface area contributed by atoms with Gasteiger partial charge in [-0.3, -0.25) is 9.59 Å². The van der Waals surface area contributed by atoms with E-state index in [2.05, 4.69) is 24.1 Å². The predicted octanol–water partition coefficient (Wildman–Crippen LogP) is 4.55. The Morgan fingerprint density at radius 1 is 1.07 bits per heavy atom. The lowest BCUT2D eigenvalue weighted by atomic mass is 9.91. The van der Waals surface area contributed by atoms with Crippen LogP contribution in [0, 0.1) is 11.8 Å². The number of hydrogen-bond acceptors (Lipinski definition) is 3. The first-order valence-corrected chi connectivity index (χ1v) is 10.3. The van der Waals surface area contributed by atoms with Crippen molar-refractivity contribution in [2.45, 2.75) is 20.3 Å². The summed E-state index contributed by atoms with van der Waals surface area (Å²) in [5.74, 6) is 1.35. The number of nitrogens with zero attached hydrogens (tertiary/aromatic N) is 1. The lowest BCUT2D eigenvalue weighted by Crippen LogP contribution is -2.42. The minimum atomic E-state index is -0.286. The maximum absolute atomic E-state index is 13.2. The van der Waals surface area contributed by atoms with Gasteiger partial charge in [-0.1, -0.05) is 26.0 Å². The number of H-pyrrole nitrogens is 1. The number of para-hydroxylation sites is 1. The highest BCUT2D eigenvalue weighted by Crippen LogP contribution is 2.26. The standard InChI is InChI=1S/C24H27N3O3/c1-15-10-16(2)14-27(13-15)24(29)19-6-4-5-7-20(19)26-23(28)22-11-17-8-9-18(30-3)12-21(17)25-22/h4-9,11-12,15-16,25H,10,13-14H2,1-3H3,(H,26,28)/t15-,16-/m0/s1. The molecule has 156 valence electrons. The zero-order valence-corrected chi connectivity index (χ0v) is 17.6. The van der Waals surface area contributed by atoms with Crippen molar-refractivity contribution in [2.75, 3.05) is 25.5 Å². The SMILES string of the molecule is COc1ccc2cc(C(=O)Nc3ccccc3C(=O)N3C[C@@H](C)C[C@H](C)C3)[nH]c2c1. The van der Waals surface area contributed by atoms with Gasteiger partial charge in [-0.05, 0) is 48.6 Å². The summed E-state index contributed by atoms with van der Waals surface area (Å²) in [5, 5.41) is 3.83. The molecule has 1 aliphatic rings. The van der Waals surface area contributed by atoms with Gasteiger partial charge in [0, 0.05) is 30.1 Å². The van der Waals surface area contributed by atoms with Crippen LogP contribution in [-0.4, -0.2) is 41.9 Å². The number of carbonyl (C=O) groups excluding carboxylic acids is 2. The van der Waals surface area contributed by atoms with Crippen molar-refractivity contribution >= 4 is 28.4 Å². The van der Waals surface area contributed by atoms with E-state index >= 15 is 0 Å². The van der Waals surface area contributed by atoms with E-state index in [0.717, 1.165) is 36.2 Å². The van der Waals surface area contributed by atoms with E-state index in [1.165, 1.54) is 0 Å². The number of piperidine rings is 1. The number of rotatable bonds is 4. The van der Waals surface area contributed by atoms with Crippen LogP contribution in [-0.2, 0) is 0 Å². The second kappa shape index (κ2) is 8.22. The molecule has 2 aromatic carbocycles. The third-order valence-electron chi connectivity index (χ3n) is 5.64. The van der Waals surface area contributed by atoms with Gasteiger partial charge >= 0.3 is 0 Å². The number of ether oxygens (including phenoxy) is 1. The number of aromatic nitrogens is 1. The van der Waals surface area contributed by atoms with Crippen molar-refractivity contribution in [3.63, 3.8) is 0 Å². The number of carbonyl (C=O) groups is 2. The van der Waals surface area contributed by atoms with Crippen LogP contribution in [0.4, 0.5) is 5.69 Å². The predicted molar refractivity (Wildman–Crippen MR) is 118 cm³/mol. The molecule has 2 N–H and O–H groups in total. The fraction of sp³-hybridized carbons (Fsp3) is 0.333. The third kappa shape index (κ3) is 4.03. The molecule has 1 aliphatic heterocycles. The van der Waals surface area contributed by atoms with Gasteiger partial charge in [0.1, 0.15) is 11.4 Å². The maximum atomic E-state index is 13.2. The zero-order chi connectivity index (χ0) is 21.3. The number of anilines is 1. The molecule has 6 heteroatoms. The molecule has 3 aromatic rings. The largest absolute Gasteiger partial charge is 0.497 e. The summed E-state index contributed by atoms with van der Waals surface area (Å²) in [6.07, 6.45) is 1.13. The summed E-state index contributed by atoms with van der Waals surface area (Å²) >= 11 is 0. The monoisotopic (exact) mass is 405 g/mol. The van der Waals surface area contributed by atoms with Gasteiger partial charge < -0.3 is 19.9 Å². The van der Waals surface area contributed by atoms with Gasteiger partial charge in [-0.2, -0.15) is 0 Å². The van der Waals surface area contributed by atoms with E-state index in [1.54, 1.807) is 25.3 Å². The van der Waals surface area contributed by atoms with Crippen LogP contribution < -0.4 is 10.1 Å². The van der Waals surface area contributed by atoms with E-state index < -0.39 is 0 Å². The highest BCUT2D eigenvalue weighted by molar-refractivity contribution is 6.09. The van der Waals surface area contributed by atoms with Crippen LogP contribution in [0.25, 0.3) is 10.9 Å². The molecule has 4 rings (SSSR count). The molecule has 0 saturated carbocycles. The highest BCUT2D eigenvalue weighted by atomic mass is 16.5. The van der Waals surface area contributed by atoms with E-state index in [-0.39, 0.29) is 11.8 Å². The molecule has 30 heavy (non-hydrogen) atoms. The summed E-state index contributed by atoms with van der Waals surface area (Å²) in [6.45, 7) is 5.84. The Morgan fingerprint density at radius 2 is 1.80 bits per heavy atom. The summed E-state index contributed by atoms with van der Waals surface area (Å²) in [4.78, 5) is 31.1. The first-order valence-electron chi connectivity index (χ1n) is 10.3. The van der Waals surface area contributed by atoms with Crippen molar-refractivity contribution in [3.05, 3.63) is 59.8 Å². The third-order valence-corrected chi connectivity index (χ3v) is 5.64. The van der Waals surface area contributed by atoms with Gasteiger partial charge in [0.25, 0.3) is 11.8 Å². The number of aromatic amines is 1. The minimum Gasteiger partial charge on any atom is -0.497 e. The number of likely N-dealkylation sites (tertiary alicyclic amines) is 1. The number of benzene rings is 2. The molecule has 6 nitrogen and oxygen atoms in total. The topological polar surface area (TPSA) is 74.4 Å². The molecule has 1 fully saturated rings. The van der Waals surface area contributed by atoms with E-state index in [0.29, 0.717) is 28.8 Å². The van der Waals surface area contributed by atoms with Crippen molar-refractivity contribution < 1.29 is 14.3 Å². The molecular formula is C24H27N3O3. The van der Waals surface area contributed by atoms with Crippen LogP contribution in [0.2, 0.25) is 0 Å². The quantitative estimate of drug-likeness (QED) is 0.669. The van der Waals surface area contributed by atoms with Crippen LogP contribution in [0.1, 0.15) is 41.1 Å². The average Bonchev–Trinajstić information content (AvgIpc) is 3.16. The zero-order valence-electron chi connectivity index (χ0n) is 17.6. The average molecular weight is 405 g/mol. The fourth-order valence-electron chi connectivity index (χ4n) is 4.32. The fourth-order valence-corrected chi connectivity index (χ4v) is 4.32. The molecule has 2 heterocycles. The number of hydrogen-bond donors (Lipinski definition) is 2. The van der Waals surface area contributed by atoms with Crippen LogP contribution in [0.15, 0.2) is 48.5 Å². The summed E-state index contributed by atoms with van der Waals surface area (Å²) < 4.78 is 5.24. The summed E-state index contributed by atoms with van der Waals surface area (Å²) in [6, 6.07) is 14.6. The molecule has 1 saturated heterocycles. The normalized spacial score (nSPS) is 19.0. The number of nitrogens with one attached hydrogen (secondary N) is 2. The smallest absolute Gasteiger partial charge is 0.272 e. The van der Waals surface area contributed by atoms with Crippen LogP contribution in [0.3, 0.4) is 0 Å². The lowest BCUT2D eigenvalue weighted by molar-refractivity contribution is 0.0624. The van der Waals surface area contributed by atoms with Gasteiger partial charge in [0.2, 0.25) is 0 Å². The van der Waals surface area contributed by atoms with E-state index in [4.69, 9.17) is 4.74 Å². The number of methoxy groups -OCH3 is 1. The molecule has 2 atom stereocenters. The molecule has 0 spiro atoms. The summed E-state index contributed by atoms with van der Waals surface area (Å²) in [7, 11) is 1.61. The van der Waals surface area contributed by atoms with Gasteiger partial charge in [-0.25, -0.2) is 0 Å². The first kappa shape index (κ1) is 20.0. The molecule has 0 bridgehead atoms. The summed E-state index contributed by atoms with van der Waals surface area (Å²) in [5.41, 5.74) is 2.29. The van der Waals surface area contributed by atoms with E-state index in [1.807, 2.05) is 35.2 Å². The Kier molecular flexibility index (Phi) is 5.48. The van der Waals surface area contributed by atoms with Crippen molar-refractivity contribution in [3.8, 4) is 5.75 Å². The number of fused-ring (bicyclic) bond motifs is 1. The second-order valence-corrected chi connectivity index (χ2v) is 8.29. The van der Waals surface area contributed by atoms with Crippen molar-refractivity contribution in [2.24, 2.45) is 11.8 Å². The first-order chi connectivity index (χ1) is 14.4. The molecule has 0 unspecified atom stereocenters. The van der Waals surface area contributed by atoms with E-state index in [9.17, 15) is 9.59 Å². The Balaban J connectivity index is 1.56. The van der Waals surface area contributed by atoms with Crippen molar-refractivity contribution in [1.82, 2.24) is 9.88 Å². The number of amides is 2. The van der Waals surface area contributed by atoms with Crippen LogP contribution >= 0.6 is 0 Å². The molecular weight excluding hydrogens is 378 g/mol.